The van der Waals surface area contributed by atoms with Crippen molar-refractivity contribution in [3.8, 4) is 0 Å². The number of piperidine rings is 1. The average Bonchev–Trinajstić information content (AvgIpc) is 2.56. The maximum Gasteiger partial charge on any atom is 0.225 e. The van der Waals surface area contributed by atoms with Crippen LogP contribution in [0, 0.1) is 5.92 Å². The smallest absolute Gasteiger partial charge is 0.225 e. The summed E-state index contributed by atoms with van der Waals surface area (Å²) in [6.07, 6.45) is 7.06. The van der Waals surface area contributed by atoms with E-state index in [4.69, 9.17) is 0 Å². The summed E-state index contributed by atoms with van der Waals surface area (Å²) in [7, 11) is 0. The first-order valence-electron chi connectivity index (χ1n) is 7.22. The molecule has 1 amide bonds. The van der Waals surface area contributed by atoms with Crippen molar-refractivity contribution in [3.05, 3.63) is 18.6 Å². The van der Waals surface area contributed by atoms with E-state index in [-0.39, 0.29) is 5.92 Å². The lowest BCUT2D eigenvalue weighted by atomic mass is 9.95. The molecule has 0 atom stereocenters. The van der Waals surface area contributed by atoms with Crippen LogP contribution in [0.1, 0.15) is 12.8 Å². The van der Waals surface area contributed by atoms with Gasteiger partial charge in [-0.25, -0.2) is 4.98 Å². The molecule has 0 bridgehead atoms. The quantitative estimate of drug-likeness (QED) is 0.821. The molecule has 0 aliphatic carbocycles. The first-order chi connectivity index (χ1) is 9.84. The molecule has 2 saturated heterocycles. The van der Waals surface area contributed by atoms with Crippen LogP contribution in [0.4, 0.5) is 5.82 Å². The summed E-state index contributed by atoms with van der Waals surface area (Å²) in [5.74, 6) is 3.66. The van der Waals surface area contributed by atoms with Crippen LogP contribution in [0.3, 0.4) is 0 Å². The number of nitrogens with zero attached hydrogens (tertiary/aromatic N) is 4. The van der Waals surface area contributed by atoms with Gasteiger partial charge in [0.15, 0.2) is 0 Å². The van der Waals surface area contributed by atoms with Gasteiger partial charge in [0, 0.05) is 56.0 Å². The molecule has 0 N–H and O–H groups in total. The number of rotatable bonds is 2. The second-order valence-corrected chi connectivity index (χ2v) is 6.49. The first kappa shape index (κ1) is 13.7. The summed E-state index contributed by atoms with van der Waals surface area (Å²) in [5, 5.41) is 0. The molecule has 0 spiro atoms. The maximum atomic E-state index is 12.5. The monoisotopic (exact) mass is 292 g/mol. The number of thioether (sulfide) groups is 1. The summed E-state index contributed by atoms with van der Waals surface area (Å²) in [5.41, 5.74) is 0. The van der Waals surface area contributed by atoms with Gasteiger partial charge in [-0.15, -0.1) is 0 Å². The highest BCUT2D eigenvalue weighted by atomic mass is 32.2. The van der Waals surface area contributed by atoms with Crippen molar-refractivity contribution in [2.75, 3.05) is 42.6 Å². The lowest BCUT2D eigenvalue weighted by molar-refractivity contribution is -0.135. The molecule has 3 heterocycles. The first-order valence-corrected chi connectivity index (χ1v) is 8.37. The summed E-state index contributed by atoms with van der Waals surface area (Å²) in [6.45, 7) is 3.65. The maximum absolute atomic E-state index is 12.5. The van der Waals surface area contributed by atoms with Crippen LogP contribution in [-0.4, -0.2) is 58.5 Å². The fourth-order valence-electron chi connectivity index (χ4n) is 2.85. The van der Waals surface area contributed by atoms with E-state index >= 15 is 0 Å². The Balaban J connectivity index is 1.54. The molecule has 2 aliphatic heterocycles. The Bertz CT molecular complexity index is 442. The van der Waals surface area contributed by atoms with E-state index in [2.05, 4.69) is 19.8 Å². The predicted octanol–water partition coefficient (Wildman–Crippen LogP) is 1.27. The van der Waals surface area contributed by atoms with Crippen molar-refractivity contribution >= 4 is 23.5 Å². The van der Waals surface area contributed by atoms with Gasteiger partial charge in [0.05, 0.1) is 6.20 Å². The van der Waals surface area contributed by atoms with Crippen molar-refractivity contribution in [2.45, 2.75) is 12.8 Å². The van der Waals surface area contributed by atoms with Crippen molar-refractivity contribution in [1.29, 1.82) is 0 Å². The predicted molar refractivity (Wildman–Crippen MR) is 80.9 cm³/mol. The second kappa shape index (κ2) is 6.43. The third-order valence-electron chi connectivity index (χ3n) is 4.04. The van der Waals surface area contributed by atoms with E-state index < -0.39 is 0 Å². The fraction of sp³-hybridized carbons (Fsp3) is 0.643. The minimum absolute atomic E-state index is 0.200. The zero-order valence-corrected chi connectivity index (χ0v) is 12.4. The molecule has 2 fully saturated rings. The third kappa shape index (κ3) is 3.06. The molecule has 6 heteroatoms. The van der Waals surface area contributed by atoms with Crippen LogP contribution in [0.2, 0.25) is 0 Å². The molecular formula is C14H20N4OS. The normalized spacial score (nSPS) is 21.0. The van der Waals surface area contributed by atoms with Crippen LogP contribution in [-0.2, 0) is 4.79 Å². The van der Waals surface area contributed by atoms with Crippen molar-refractivity contribution < 1.29 is 4.79 Å². The molecule has 1 aromatic heterocycles. The van der Waals surface area contributed by atoms with Gasteiger partial charge in [-0.3, -0.25) is 9.78 Å². The van der Waals surface area contributed by atoms with Crippen molar-refractivity contribution in [2.24, 2.45) is 5.92 Å². The van der Waals surface area contributed by atoms with Gasteiger partial charge in [0.2, 0.25) is 5.91 Å². The van der Waals surface area contributed by atoms with Gasteiger partial charge in [0.25, 0.3) is 0 Å². The Morgan fingerprint density at radius 3 is 2.55 bits per heavy atom. The number of anilines is 1. The molecule has 0 saturated carbocycles. The molecule has 3 rings (SSSR count). The standard InChI is InChI=1S/C14H20N4OS/c19-14(18-7-9-20-10-8-18)12-1-5-17(6-2-12)13-11-15-3-4-16-13/h3-4,11-12H,1-2,5-10H2. The molecule has 2 aliphatic rings. The van der Waals surface area contributed by atoms with E-state index in [0.717, 1.165) is 56.3 Å². The van der Waals surface area contributed by atoms with Crippen LogP contribution < -0.4 is 4.90 Å². The molecular weight excluding hydrogens is 272 g/mol. The van der Waals surface area contributed by atoms with E-state index in [9.17, 15) is 4.79 Å². The second-order valence-electron chi connectivity index (χ2n) is 5.26. The van der Waals surface area contributed by atoms with Crippen molar-refractivity contribution in [1.82, 2.24) is 14.9 Å². The molecule has 0 radical (unpaired) electrons. The Labute approximate surface area is 123 Å². The SMILES string of the molecule is O=C(C1CCN(c2cnccn2)CC1)N1CCSCC1. The molecule has 1 aromatic rings. The number of aromatic nitrogens is 2. The zero-order valence-electron chi connectivity index (χ0n) is 11.6. The summed E-state index contributed by atoms with van der Waals surface area (Å²) < 4.78 is 0. The number of hydrogen-bond donors (Lipinski definition) is 0. The Hall–Kier alpha value is -1.30. The highest BCUT2D eigenvalue weighted by Gasteiger charge is 2.29. The van der Waals surface area contributed by atoms with E-state index in [1.807, 2.05) is 11.8 Å². The van der Waals surface area contributed by atoms with E-state index in [1.54, 1.807) is 18.6 Å². The average molecular weight is 292 g/mol. The topological polar surface area (TPSA) is 49.3 Å². The molecule has 0 unspecified atom stereocenters. The van der Waals surface area contributed by atoms with Crippen LogP contribution in [0.5, 0.6) is 0 Å². The van der Waals surface area contributed by atoms with Gasteiger partial charge in [-0.2, -0.15) is 11.8 Å². The summed E-state index contributed by atoms with van der Waals surface area (Å²) >= 11 is 1.94. The van der Waals surface area contributed by atoms with E-state index in [1.165, 1.54) is 0 Å². The number of amides is 1. The summed E-state index contributed by atoms with van der Waals surface area (Å²) in [4.78, 5) is 25.2. The number of carbonyl (C=O) groups excluding carboxylic acids is 1. The van der Waals surface area contributed by atoms with Gasteiger partial charge in [-0.1, -0.05) is 0 Å². The minimum Gasteiger partial charge on any atom is -0.355 e. The van der Waals surface area contributed by atoms with Gasteiger partial charge >= 0.3 is 0 Å². The Morgan fingerprint density at radius 1 is 1.15 bits per heavy atom. The number of hydrogen-bond acceptors (Lipinski definition) is 5. The van der Waals surface area contributed by atoms with Crippen molar-refractivity contribution in [3.63, 3.8) is 0 Å². The van der Waals surface area contributed by atoms with Crippen LogP contribution in [0.25, 0.3) is 0 Å². The third-order valence-corrected chi connectivity index (χ3v) is 4.98. The molecule has 108 valence electrons. The van der Waals surface area contributed by atoms with Gasteiger partial charge < -0.3 is 9.80 Å². The Morgan fingerprint density at radius 2 is 1.90 bits per heavy atom. The molecule has 20 heavy (non-hydrogen) atoms. The largest absolute Gasteiger partial charge is 0.355 e. The highest BCUT2D eigenvalue weighted by molar-refractivity contribution is 7.99. The molecule has 5 nitrogen and oxygen atoms in total. The van der Waals surface area contributed by atoms with E-state index in [0.29, 0.717) is 5.91 Å². The van der Waals surface area contributed by atoms with Gasteiger partial charge in [0.1, 0.15) is 5.82 Å². The summed E-state index contributed by atoms with van der Waals surface area (Å²) in [6, 6.07) is 0. The fourth-order valence-corrected chi connectivity index (χ4v) is 3.76. The highest BCUT2D eigenvalue weighted by Crippen LogP contribution is 2.24. The zero-order chi connectivity index (χ0) is 13.8. The Kier molecular flexibility index (Phi) is 4.40. The lowest BCUT2D eigenvalue weighted by Gasteiger charge is -2.35. The van der Waals surface area contributed by atoms with Crippen LogP contribution >= 0.6 is 11.8 Å². The lowest BCUT2D eigenvalue weighted by Crippen LogP contribution is -2.45. The molecule has 0 aromatic carbocycles. The minimum atomic E-state index is 0.200. The van der Waals surface area contributed by atoms with Crippen LogP contribution in [0.15, 0.2) is 18.6 Å². The number of carbonyl (C=O) groups is 1. The van der Waals surface area contributed by atoms with Gasteiger partial charge in [-0.05, 0) is 12.8 Å².